The first-order valence-corrected chi connectivity index (χ1v) is 6.60. The third-order valence-corrected chi connectivity index (χ3v) is 3.60. The lowest BCUT2D eigenvalue weighted by Gasteiger charge is -2.23. The summed E-state index contributed by atoms with van der Waals surface area (Å²) >= 11 is 0. The van der Waals surface area contributed by atoms with E-state index in [1.165, 1.54) is 5.57 Å². The minimum atomic E-state index is -0.761. The Hall–Kier alpha value is -1.35. The Kier molecular flexibility index (Phi) is 4.02. The molecule has 98 valence electrons. The molecule has 2 aliphatic rings. The molecule has 0 radical (unpaired) electrons. The van der Waals surface area contributed by atoms with E-state index in [-0.39, 0.29) is 6.04 Å². The number of carboxylic acid groups (broad SMARTS) is 1. The highest BCUT2D eigenvalue weighted by Crippen LogP contribution is 2.38. The summed E-state index contributed by atoms with van der Waals surface area (Å²) in [6.45, 7) is 3.95. The lowest BCUT2D eigenvalue weighted by Crippen LogP contribution is -2.41. The number of rotatable bonds is 5. The Bertz CT molecular complexity index is 407. The maximum Gasteiger partial charge on any atom is 0.321 e. The van der Waals surface area contributed by atoms with Crippen molar-refractivity contribution in [3.05, 3.63) is 36.0 Å². The van der Waals surface area contributed by atoms with Crippen molar-refractivity contribution in [2.45, 2.75) is 38.8 Å². The molecule has 2 unspecified atom stereocenters. The monoisotopic (exact) mass is 247 g/mol. The van der Waals surface area contributed by atoms with Gasteiger partial charge in [0.2, 0.25) is 0 Å². The maximum atomic E-state index is 11.3. The van der Waals surface area contributed by atoms with Crippen LogP contribution in [0.4, 0.5) is 0 Å². The van der Waals surface area contributed by atoms with Crippen LogP contribution in [0.2, 0.25) is 0 Å². The molecule has 0 aromatic rings. The fourth-order valence-corrected chi connectivity index (χ4v) is 2.78. The van der Waals surface area contributed by atoms with Crippen LogP contribution in [0.3, 0.4) is 0 Å². The first-order valence-electron chi connectivity index (χ1n) is 6.60. The predicted molar refractivity (Wildman–Crippen MR) is 72.3 cm³/mol. The van der Waals surface area contributed by atoms with Crippen molar-refractivity contribution in [3.8, 4) is 0 Å². The third kappa shape index (κ3) is 2.91. The van der Waals surface area contributed by atoms with Crippen molar-refractivity contribution in [2.24, 2.45) is 11.8 Å². The normalized spacial score (nSPS) is 27.2. The van der Waals surface area contributed by atoms with Crippen LogP contribution in [0.15, 0.2) is 36.0 Å². The van der Waals surface area contributed by atoms with E-state index in [0.717, 1.165) is 6.42 Å². The van der Waals surface area contributed by atoms with E-state index in [1.807, 2.05) is 13.8 Å². The van der Waals surface area contributed by atoms with Crippen LogP contribution in [-0.2, 0) is 4.79 Å². The number of fused-ring (bicyclic) bond motifs is 1. The van der Waals surface area contributed by atoms with E-state index in [1.54, 1.807) is 0 Å². The molecular formula is C15H21NO2. The van der Waals surface area contributed by atoms with E-state index in [0.29, 0.717) is 18.3 Å². The maximum absolute atomic E-state index is 11.3. The molecule has 0 saturated heterocycles. The highest BCUT2D eigenvalue weighted by molar-refractivity contribution is 5.74. The van der Waals surface area contributed by atoms with Gasteiger partial charge in [0.15, 0.2) is 0 Å². The van der Waals surface area contributed by atoms with E-state index < -0.39 is 12.0 Å². The number of carboxylic acids is 1. The Balaban J connectivity index is 2.02. The molecule has 0 aromatic heterocycles. The number of carbonyl (C=O) groups is 1. The molecule has 3 atom stereocenters. The third-order valence-electron chi connectivity index (χ3n) is 3.60. The highest BCUT2D eigenvalue weighted by atomic mass is 16.4. The first kappa shape index (κ1) is 13.1. The largest absolute Gasteiger partial charge is 0.480 e. The summed E-state index contributed by atoms with van der Waals surface area (Å²) in [7, 11) is 0. The van der Waals surface area contributed by atoms with Crippen molar-refractivity contribution in [2.75, 3.05) is 0 Å². The van der Waals surface area contributed by atoms with Crippen LogP contribution in [-0.4, -0.2) is 23.2 Å². The second-order valence-electron chi connectivity index (χ2n) is 5.39. The molecule has 0 bridgehead atoms. The van der Waals surface area contributed by atoms with Gasteiger partial charge in [-0.2, -0.15) is 0 Å². The molecule has 0 heterocycles. The molecule has 0 aliphatic heterocycles. The number of aliphatic carboxylic acids is 1. The van der Waals surface area contributed by atoms with Gasteiger partial charge in [-0.1, -0.05) is 49.8 Å². The zero-order valence-corrected chi connectivity index (χ0v) is 11.0. The lowest BCUT2D eigenvalue weighted by atomic mass is 9.85. The average Bonchev–Trinajstić information content (AvgIpc) is 2.71. The first-order chi connectivity index (χ1) is 8.58. The highest BCUT2D eigenvalue weighted by Gasteiger charge is 2.30. The fraction of sp³-hybridized carbons (Fsp3) is 0.533. The van der Waals surface area contributed by atoms with Gasteiger partial charge in [-0.3, -0.25) is 4.79 Å². The van der Waals surface area contributed by atoms with E-state index >= 15 is 0 Å². The summed E-state index contributed by atoms with van der Waals surface area (Å²) in [6.07, 6.45) is 12.4. The smallest absolute Gasteiger partial charge is 0.321 e. The summed E-state index contributed by atoms with van der Waals surface area (Å²) < 4.78 is 0. The molecule has 2 N–H and O–H groups in total. The number of hydrogen-bond donors (Lipinski definition) is 2. The molecule has 3 heteroatoms. The molecule has 0 spiro atoms. The Morgan fingerprint density at radius 1 is 1.44 bits per heavy atom. The summed E-state index contributed by atoms with van der Waals surface area (Å²) in [5.41, 5.74) is 1.26. The van der Waals surface area contributed by atoms with Gasteiger partial charge >= 0.3 is 5.97 Å². The molecule has 2 rings (SSSR count). The summed E-state index contributed by atoms with van der Waals surface area (Å²) in [5, 5.41) is 12.4. The fourth-order valence-electron chi connectivity index (χ4n) is 2.78. The zero-order chi connectivity index (χ0) is 13.1. The second kappa shape index (κ2) is 5.53. The van der Waals surface area contributed by atoms with Crippen molar-refractivity contribution in [1.29, 1.82) is 0 Å². The molecular weight excluding hydrogens is 226 g/mol. The van der Waals surface area contributed by atoms with Gasteiger partial charge in [0.25, 0.3) is 0 Å². The van der Waals surface area contributed by atoms with Crippen molar-refractivity contribution in [1.82, 2.24) is 5.32 Å². The minimum Gasteiger partial charge on any atom is -0.480 e. The number of allylic oxidation sites excluding steroid dienone is 5. The van der Waals surface area contributed by atoms with Gasteiger partial charge in [-0.05, 0) is 18.8 Å². The predicted octanol–water partition coefficient (Wildman–Crippen LogP) is 2.52. The van der Waals surface area contributed by atoms with Gasteiger partial charge in [-0.25, -0.2) is 0 Å². The quantitative estimate of drug-likeness (QED) is 0.734. The Morgan fingerprint density at radius 2 is 2.17 bits per heavy atom. The SMILES string of the molecule is CC(C)N[C@@H](CC1=CCC2C=CC=CC12)C(=O)O. The van der Waals surface area contributed by atoms with Crippen molar-refractivity contribution in [3.63, 3.8) is 0 Å². The van der Waals surface area contributed by atoms with Gasteiger partial charge in [0.05, 0.1) is 0 Å². The lowest BCUT2D eigenvalue weighted by molar-refractivity contribution is -0.139. The van der Waals surface area contributed by atoms with Crippen molar-refractivity contribution >= 4 is 5.97 Å². The number of nitrogens with one attached hydrogen (secondary N) is 1. The molecule has 0 fully saturated rings. The van der Waals surface area contributed by atoms with Crippen LogP contribution in [0.1, 0.15) is 26.7 Å². The van der Waals surface area contributed by atoms with Crippen LogP contribution >= 0.6 is 0 Å². The van der Waals surface area contributed by atoms with Crippen molar-refractivity contribution < 1.29 is 9.90 Å². The zero-order valence-electron chi connectivity index (χ0n) is 11.0. The second-order valence-corrected chi connectivity index (χ2v) is 5.39. The van der Waals surface area contributed by atoms with Gasteiger partial charge < -0.3 is 10.4 Å². The van der Waals surface area contributed by atoms with E-state index in [4.69, 9.17) is 0 Å². The Morgan fingerprint density at radius 3 is 2.83 bits per heavy atom. The summed E-state index contributed by atoms with van der Waals surface area (Å²) in [4.78, 5) is 11.3. The topological polar surface area (TPSA) is 49.3 Å². The van der Waals surface area contributed by atoms with Crippen LogP contribution in [0.5, 0.6) is 0 Å². The van der Waals surface area contributed by atoms with Crippen LogP contribution < -0.4 is 5.32 Å². The van der Waals surface area contributed by atoms with Crippen LogP contribution in [0.25, 0.3) is 0 Å². The molecule has 0 saturated carbocycles. The molecule has 0 aromatic carbocycles. The molecule has 0 amide bonds. The van der Waals surface area contributed by atoms with Gasteiger partial charge in [0, 0.05) is 12.0 Å². The van der Waals surface area contributed by atoms with Gasteiger partial charge in [-0.15, -0.1) is 0 Å². The Labute approximate surface area is 108 Å². The summed E-state index contributed by atoms with van der Waals surface area (Å²) in [5.74, 6) is 0.188. The van der Waals surface area contributed by atoms with E-state index in [9.17, 15) is 9.90 Å². The van der Waals surface area contributed by atoms with E-state index in [2.05, 4.69) is 35.7 Å². The van der Waals surface area contributed by atoms with Crippen LogP contribution in [0, 0.1) is 11.8 Å². The minimum absolute atomic E-state index is 0.186. The molecule has 18 heavy (non-hydrogen) atoms. The standard InChI is InChI=1S/C15H21NO2/c1-10(2)16-14(15(17)18)9-12-8-7-11-5-3-4-6-13(11)12/h3-6,8,10-11,13-14,16H,7,9H2,1-2H3,(H,17,18)/t11?,13?,14-/m0/s1. The molecule has 3 nitrogen and oxygen atoms in total. The summed E-state index contributed by atoms with van der Waals surface area (Å²) in [6, 6.07) is -0.292. The van der Waals surface area contributed by atoms with Gasteiger partial charge in [0.1, 0.15) is 6.04 Å². The average molecular weight is 247 g/mol. The number of hydrogen-bond acceptors (Lipinski definition) is 2. The molecule has 2 aliphatic carbocycles.